The van der Waals surface area contributed by atoms with E-state index < -0.39 is 13.9 Å². The number of phosphoric ester groups is 1. The van der Waals surface area contributed by atoms with Crippen molar-refractivity contribution in [3.8, 4) is 0 Å². The highest BCUT2D eigenvalue weighted by Gasteiger charge is 2.25. The van der Waals surface area contributed by atoms with E-state index in [0.29, 0.717) is 13.0 Å². The molecule has 58 heavy (non-hydrogen) atoms. The highest BCUT2D eigenvalue weighted by molar-refractivity contribution is 7.47. The number of hydrogen-bond acceptors (Lipinski definition) is 7. The molecule has 0 amide bonds. The Morgan fingerprint density at radius 1 is 0.534 bits per heavy atom. The summed E-state index contributed by atoms with van der Waals surface area (Å²) in [6.07, 6.45) is 55.7. The van der Waals surface area contributed by atoms with E-state index in [1.165, 1.54) is 128 Å². The van der Waals surface area contributed by atoms with Crippen molar-refractivity contribution < 1.29 is 32.8 Å². The Balaban J connectivity index is 3.97. The molecule has 0 saturated carbocycles. The number of rotatable bonds is 46. The van der Waals surface area contributed by atoms with Gasteiger partial charge in [-0.15, -0.1) is 0 Å². The van der Waals surface area contributed by atoms with Crippen molar-refractivity contribution in [2.45, 2.75) is 225 Å². The molecular weight excluding hydrogens is 746 g/mol. The maximum Gasteiger partial charge on any atom is 0.472 e. The Morgan fingerprint density at radius 2 is 0.966 bits per heavy atom. The Labute approximate surface area is 358 Å². The summed E-state index contributed by atoms with van der Waals surface area (Å²) in [6, 6.07) is 0. The van der Waals surface area contributed by atoms with Crippen LogP contribution in [0.1, 0.15) is 219 Å². The third-order valence-corrected chi connectivity index (χ3v) is 11.2. The average Bonchev–Trinajstić information content (AvgIpc) is 3.21. The molecular formula is C49H92NO7P. The number of ether oxygens (including phenoxy) is 2. The Bertz CT molecular complexity index is 1030. The molecule has 0 aliphatic carbocycles. The predicted octanol–water partition coefficient (Wildman–Crippen LogP) is 14.8. The van der Waals surface area contributed by atoms with E-state index in [2.05, 4.69) is 62.5 Å². The second-order valence-electron chi connectivity index (χ2n) is 16.0. The van der Waals surface area contributed by atoms with Crippen molar-refractivity contribution in [2.24, 2.45) is 5.73 Å². The smallest absolute Gasteiger partial charge is 0.457 e. The number of nitrogens with two attached hydrogens (primary N) is 1. The van der Waals surface area contributed by atoms with E-state index in [4.69, 9.17) is 24.3 Å². The Kier molecular flexibility index (Phi) is 45.3. The SMILES string of the molecule is CC/C=C\C/C=C\C/C=C\C/C=C\CCCCCCC(=O)OC(COCCCCCCCCCCCCCCCCCCCCCCCC)COP(=O)(O)OCCN. The minimum absolute atomic E-state index is 0.0956. The highest BCUT2D eigenvalue weighted by atomic mass is 31.2. The zero-order valence-electron chi connectivity index (χ0n) is 37.8. The molecule has 9 heteroatoms. The number of phosphoric acid groups is 1. The van der Waals surface area contributed by atoms with E-state index in [0.717, 1.165) is 70.6 Å². The monoisotopic (exact) mass is 838 g/mol. The summed E-state index contributed by atoms with van der Waals surface area (Å²) in [5.41, 5.74) is 5.38. The minimum atomic E-state index is -4.29. The van der Waals surface area contributed by atoms with Crippen molar-refractivity contribution in [3.63, 3.8) is 0 Å². The molecule has 0 saturated heterocycles. The molecule has 2 unspecified atom stereocenters. The van der Waals surface area contributed by atoms with Crippen LogP contribution in [0.25, 0.3) is 0 Å². The summed E-state index contributed by atoms with van der Waals surface area (Å²) in [7, 11) is -4.29. The lowest BCUT2D eigenvalue weighted by atomic mass is 10.0. The lowest BCUT2D eigenvalue weighted by Crippen LogP contribution is -2.28. The van der Waals surface area contributed by atoms with E-state index >= 15 is 0 Å². The number of hydrogen-bond donors (Lipinski definition) is 2. The molecule has 0 aromatic carbocycles. The molecule has 0 rings (SSSR count). The van der Waals surface area contributed by atoms with Gasteiger partial charge in [0.25, 0.3) is 0 Å². The molecule has 0 heterocycles. The molecule has 3 N–H and O–H groups in total. The number of allylic oxidation sites excluding steroid dienone is 8. The second kappa shape index (κ2) is 46.5. The van der Waals surface area contributed by atoms with Gasteiger partial charge in [-0.3, -0.25) is 13.8 Å². The summed E-state index contributed by atoms with van der Waals surface area (Å²) in [6.45, 7) is 4.81. The zero-order valence-corrected chi connectivity index (χ0v) is 38.7. The van der Waals surface area contributed by atoms with Crippen LogP contribution in [-0.4, -0.2) is 49.9 Å². The molecule has 0 aliphatic rings. The third-order valence-electron chi connectivity index (χ3n) is 10.3. The van der Waals surface area contributed by atoms with E-state index in [1.54, 1.807) is 0 Å². The van der Waals surface area contributed by atoms with Crippen LogP contribution < -0.4 is 5.73 Å². The molecule has 0 radical (unpaired) electrons. The van der Waals surface area contributed by atoms with E-state index in [9.17, 15) is 14.3 Å². The number of carbonyl (C=O) groups excluding carboxylic acids is 1. The summed E-state index contributed by atoms with van der Waals surface area (Å²) >= 11 is 0. The maximum atomic E-state index is 12.6. The summed E-state index contributed by atoms with van der Waals surface area (Å²) in [5, 5.41) is 0. The first-order valence-electron chi connectivity index (χ1n) is 24.1. The predicted molar refractivity (Wildman–Crippen MR) is 247 cm³/mol. The largest absolute Gasteiger partial charge is 0.472 e. The molecule has 0 aromatic heterocycles. The first kappa shape index (κ1) is 56.5. The van der Waals surface area contributed by atoms with Crippen LogP contribution in [0, 0.1) is 0 Å². The Morgan fingerprint density at radius 3 is 1.45 bits per heavy atom. The van der Waals surface area contributed by atoms with Gasteiger partial charge in [-0.05, 0) is 51.4 Å². The average molecular weight is 838 g/mol. The molecule has 0 aliphatic heterocycles. The molecule has 2 atom stereocenters. The van der Waals surface area contributed by atoms with Gasteiger partial charge in [0.05, 0.1) is 19.8 Å². The van der Waals surface area contributed by atoms with E-state index in [-0.39, 0.29) is 32.3 Å². The molecule has 340 valence electrons. The summed E-state index contributed by atoms with van der Waals surface area (Å²) in [5.74, 6) is -0.351. The van der Waals surface area contributed by atoms with Crippen molar-refractivity contribution in [1.82, 2.24) is 0 Å². The second-order valence-corrected chi connectivity index (χ2v) is 17.4. The minimum Gasteiger partial charge on any atom is -0.457 e. The van der Waals surface area contributed by atoms with Crippen molar-refractivity contribution in [3.05, 3.63) is 48.6 Å². The lowest BCUT2D eigenvalue weighted by Gasteiger charge is -2.20. The summed E-state index contributed by atoms with van der Waals surface area (Å²) < 4.78 is 33.5. The van der Waals surface area contributed by atoms with Crippen LogP contribution in [0.15, 0.2) is 48.6 Å². The van der Waals surface area contributed by atoms with Gasteiger partial charge in [0.1, 0.15) is 6.10 Å². The fourth-order valence-electron chi connectivity index (χ4n) is 6.75. The third kappa shape index (κ3) is 45.5. The fraction of sp³-hybridized carbons (Fsp3) is 0.816. The van der Waals surface area contributed by atoms with Crippen LogP contribution in [0.2, 0.25) is 0 Å². The highest BCUT2D eigenvalue weighted by Crippen LogP contribution is 2.43. The lowest BCUT2D eigenvalue weighted by molar-refractivity contribution is -0.154. The van der Waals surface area contributed by atoms with Gasteiger partial charge in [-0.2, -0.15) is 0 Å². The van der Waals surface area contributed by atoms with Crippen LogP contribution in [-0.2, 0) is 27.9 Å². The van der Waals surface area contributed by atoms with Gasteiger partial charge in [0, 0.05) is 19.6 Å². The van der Waals surface area contributed by atoms with Crippen molar-refractivity contribution >= 4 is 13.8 Å². The van der Waals surface area contributed by atoms with Gasteiger partial charge < -0.3 is 20.1 Å². The molecule has 0 spiro atoms. The van der Waals surface area contributed by atoms with Gasteiger partial charge in [0.15, 0.2) is 0 Å². The van der Waals surface area contributed by atoms with Gasteiger partial charge in [0.2, 0.25) is 0 Å². The van der Waals surface area contributed by atoms with E-state index in [1.807, 2.05) is 0 Å². The number of esters is 1. The zero-order chi connectivity index (χ0) is 42.3. The van der Waals surface area contributed by atoms with Gasteiger partial charge in [-0.1, -0.05) is 210 Å². The maximum absolute atomic E-state index is 12.6. The van der Waals surface area contributed by atoms with Crippen LogP contribution in [0.5, 0.6) is 0 Å². The normalized spacial score (nSPS) is 13.8. The van der Waals surface area contributed by atoms with Crippen LogP contribution in [0.4, 0.5) is 0 Å². The molecule has 0 fully saturated rings. The van der Waals surface area contributed by atoms with Gasteiger partial charge >= 0.3 is 13.8 Å². The van der Waals surface area contributed by atoms with Gasteiger partial charge in [-0.25, -0.2) is 4.57 Å². The fourth-order valence-corrected chi connectivity index (χ4v) is 7.52. The number of unbranched alkanes of at least 4 members (excludes halogenated alkanes) is 25. The topological polar surface area (TPSA) is 117 Å². The van der Waals surface area contributed by atoms with Crippen LogP contribution >= 0.6 is 7.82 Å². The van der Waals surface area contributed by atoms with Crippen molar-refractivity contribution in [1.29, 1.82) is 0 Å². The molecule has 0 aromatic rings. The quantitative estimate of drug-likeness (QED) is 0.0269. The summed E-state index contributed by atoms with van der Waals surface area (Å²) in [4.78, 5) is 22.5. The molecule has 8 nitrogen and oxygen atoms in total. The molecule has 0 bridgehead atoms. The van der Waals surface area contributed by atoms with Crippen LogP contribution in [0.3, 0.4) is 0 Å². The van der Waals surface area contributed by atoms with Crippen molar-refractivity contribution in [2.75, 3.05) is 33.0 Å². The first-order chi connectivity index (χ1) is 28.4. The number of carbonyl (C=O) groups is 1. The standard InChI is InChI=1S/C49H92NO7P/c1-3-5-7-9-11-13-15-17-19-21-22-23-24-25-27-29-31-33-35-37-39-41-44-54-46-48(47-56-58(52,53)55-45-43-50)57-49(51)42-40-38-36-34-32-30-28-26-20-18-16-14-12-10-8-6-4-2/h6,8,12,14,18,20,28,30,48H,3-5,7,9-11,13,15-17,19,21-27,29,31-47,50H2,1-2H3,(H,52,53)/b8-6-,14-12-,20-18-,30-28-. The first-order valence-corrected chi connectivity index (χ1v) is 25.6. The Hall–Kier alpha value is -1.54.